The Kier molecular flexibility index (Phi) is 4.25. The molecule has 1 atom stereocenters. The summed E-state index contributed by atoms with van der Waals surface area (Å²) in [6.45, 7) is 7.07. The molecule has 1 aromatic carbocycles. The van der Waals surface area contributed by atoms with Crippen molar-refractivity contribution >= 4 is 17.4 Å². The van der Waals surface area contributed by atoms with Crippen molar-refractivity contribution in [3.63, 3.8) is 0 Å². The van der Waals surface area contributed by atoms with E-state index in [0.29, 0.717) is 0 Å². The molecular formula is C14H20ClN3. The Balaban J connectivity index is 2.37. The van der Waals surface area contributed by atoms with Crippen LogP contribution in [0, 0.1) is 6.92 Å². The van der Waals surface area contributed by atoms with Crippen LogP contribution in [-0.4, -0.2) is 37.4 Å². The molecular weight excluding hydrogens is 246 g/mol. The van der Waals surface area contributed by atoms with Gasteiger partial charge >= 0.3 is 0 Å². The van der Waals surface area contributed by atoms with Gasteiger partial charge in [0.15, 0.2) is 0 Å². The van der Waals surface area contributed by atoms with Crippen LogP contribution in [-0.2, 0) is 0 Å². The fraction of sp³-hybridized carbons (Fsp3) is 0.500. The topological polar surface area (TPSA) is 27.6 Å². The number of nitrogens with one attached hydrogen (secondary N) is 1. The molecule has 0 aliphatic carbocycles. The SMILES string of the molecule is CCN1CCN=C1C(NC)c1cccc(C)c1Cl. The van der Waals surface area contributed by atoms with E-state index in [1.807, 2.05) is 26.1 Å². The molecule has 3 nitrogen and oxygen atoms in total. The van der Waals surface area contributed by atoms with Gasteiger partial charge in [-0.15, -0.1) is 0 Å². The van der Waals surface area contributed by atoms with Crippen LogP contribution in [0.25, 0.3) is 0 Å². The predicted octanol–water partition coefficient (Wildman–Crippen LogP) is 2.64. The molecule has 1 aliphatic heterocycles. The van der Waals surface area contributed by atoms with Gasteiger partial charge < -0.3 is 10.2 Å². The summed E-state index contributed by atoms with van der Waals surface area (Å²) in [6.07, 6.45) is 0. The third-order valence-electron chi connectivity index (χ3n) is 3.43. The third-order valence-corrected chi connectivity index (χ3v) is 3.95. The van der Waals surface area contributed by atoms with Crippen LogP contribution in [0.1, 0.15) is 24.1 Å². The molecule has 0 saturated carbocycles. The normalized spacial score (nSPS) is 16.9. The average molecular weight is 266 g/mol. The lowest BCUT2D eigenvalue weighted by molar-refractivity contribution is 0.460. The average Bonchev–Trinajstić information content (AvgIpc) is 2.83. The third kappa shape index (κ3) is 2.38. The zero-order valence-corrected chi connectivity index (χ0v) is 12.0. The Bertz CT molecular complexity index is 456. The van der Waals surface area contributed by atoms with Crippen molar-refractivity contribution in [1.29, 1.82) is 0 Å². The van der Waals surface area contributed by atoms with Crippen molar-refractivity contribution in [2.75, 3.05) is 26.7 Å². The Morgan fingerprint density at radius 2 is 2.28 bits per heavy atom. The standard InChI is InChI=1S/C14H20ClN3/c1-4-18-9-8-17-14(18)13(16-3)11-7-5-6-10(2)12(11)15/h5-7,13,16H,4,8-9H2,1-3H3. The molecule has 0 spiro atoms. The molecule has 4 heteroatoms. The Labute approximate surface area is 114 Å². The highest BCUT2D eigenvalue weighted by atomic mass is 35.5. The number of nitrogens with zero attached hydrogens (tertiary/aromatic N) is 2. The smallest absolute Gasteiger partial charge is 0.121 e. The Hall–Kier alpha value is -1.06. The molecule has 1 heterocycles. The van der Waals surface area contributed by atoms with Crippen LogP contribution in [0.4, 0.5) is 0 Å². The highest BCUT2D eigenvalue weighted by molar-refractivity contribution is 6.32. The lowest BCUT2D eigenvalue weighted by Gasteiger charge is -2.26. The van der Waals surface area contributed by atoms with E-state index in [1.54, 1.807) is 0 Å². The first-order chi connectivity index (χ1) is 8.69. The van der Waals surface area contributed by atoms with Gasteiger partial charge in [-0.25, -0.2) is 0 Å². The maximum absolute atomic E-state index is 6.42. The molecule has 1 aromatic rings. The molecule has 0 radical (unpaired) electrons. The van der Waals surface area contributed by atoms with Gasteiger partial charge in [-0.1, -0.05) is 29.8 Å². The minimum atomic E-state index is 0.0832. The number of aryl methyl sites for hydroxylation is 1. The van der Waals surface area contributed by atoms with Gasteiger partial charge in [0.1, 0.15) is 5.84 Å². The van der Waals surface area contributed by atoms with Crippen LogP contribution in [0.5, 0.6) is 0 Å². The Morgan fingerprint density at radius 1 is 1.50 bits per heavy atom. The van der Waals surface area contributed by atoms with Gasteiger partial charge in [-0.05, 0) is 32.0 Å². The molecule has 2 rings (SSSR count). The summed E-state index contributed by atoms with van der Waals surface area (Å²) in [5.74, 6) is 1.10. The second kappa shape index (κ2) is 5.72. The minimum absolute atomic E-state index is 0.0832. The van der Waals surface area contributed by atoms with E-state index < -0.39 is 0 Å². The number of benzene rings is 1. The summed E-state index contributed by atoms with van der Waals surface area (Å²) in [6, 6.07) is 6.24. The number of aliphatic imine (C=N–C) groups is 1. The maximum atomic E-state index is 6.42. The van der Waals surface area contributed by atoms with Crippen LogP contribution < -0.4 is 5.32 Å². The summed E-state index contributed by atoms with van der Waals surface area (Å²) in [4.78, 5) is 6.93. The van der Waals surface area contributed by atoms with Gasteiger partial charge in [0.25, 0.3) is 0 Å². The van der Waals surface area contributed by atoms with Crippen molar-refractivity contribution in [2.24, 2.45) is 4.99 Å². The zero-order valence-electron chi connectivity index (χ0n) is 11.2. The van der Waals surface area contributed by atoms with Crippen LogP contribution in [0.2, 0.25) is 5.02 Å². The molecule has 0 fully saturated rings. The van der Waals surface area contributed by atoms with E-state index in [1.165, 1.54) is 0 Å². The second-order valence-electron chi connectivity index (χ2n) is 4.52. The molecule has 98 valence electrons. The monoisotopic (exact) mass is 265 g/mol. The van der Waals surface area contributed by atoms with E-state index in [-0.39, 0.29) is 6.04 Å². The lowest BCUT2D eigenvalue weighted by Crippen LogP contribution is -2.37. The number of amidine groups is 1. The van der Waals surface area contributed by atoms with Crippen molar-refractivity contribution < 1.29 is 0 Å². The van der Waals surface area contributed by atoms with Gasteiger partial charge in [0, 0.05) is 18.1 Å². The molecule has 0 saturated heterocycles. The molecule has 0 amide bonds. The van der Waals surface area contributed by atoms with Gasteiger partial charge in [0.2, 0.25) is 0 Å². The summed E-state index contributed by atoms with van der Waals surface area (Å²) in [5.41, 5.74) is 2.22. The fourth-order valence-corrected chi connectivity index (χ4v) is 2.65. The number of rotatable bonds is 4. The van der Waals surface area contributed by atoms with E-state index in [9.17, 15) is 0 Å². The van der Waals surface area contributed by atoms with Crippen LogP contribution >= 0.6 is 11.6 Å². The van der Waals surface area contributed by atoms with E-state index in [0.717, 1.165) is 41.6 Å². The van der Waals surface area contributed by atoms with Crippen molar-refractivity contribution in [3.05, 3.63) is 34.3 Å². The molecule has 0 aromatic heterocycles. The van der Waals surface area contributed by atoms with Crippen molar-refractivity contribution in [2.45, 2.75) is 19.9 Å². The second-order valence-corrected chi connectivity index (χ2v) is 4.90. The zero-order chi connectivity index (χ0) is 13.1. The molecule has 18 heavy (non-hydrogen) atoms. The summed E-state index contributed by atoms with van der Waals surface area (Å²) >= 11 is 6.42. The highest BCUT2D eigenvalue weighted by Gasteiger charge is 2.26. The van der Waals surface area contributed by atoms with Gasteiger partial charge in [0.05, 0.1) is 12.6 Å². The van der Waals surface area contributed by atoms with Crippen molar-refractivity contribution in [3.8, 4) is 0 Å². The van der Waals surface area contributed by atoms with Crippen molar-refractivity contribution in [1.82, 2.24) is 10.2 Å². The minimum Gasteiger partial charge on any atom is -0.357 e. The van der Waals surface area contributed by atoms with Crippen LogP contribution in [0.15, 0.2) is 23.2 Å². The first kappa shape index (κ1) is 13.4. The first-order valence-electron chi connectivity index (χ1n) is 6.40. The molecule has 1 unspecified atom stereocenters. The van der Waals surface area contributed by atoms with E-state index in [2.05, 4.69) is 28.2 Å². The van der Waals surface area contributed by atoms with Crippen LogP contribution in [0.3, 0.4) is 0 Å². The quantitative estimate of drug-likeness (QED) is 0.906. The van der Waals surface area contributed by atoms with E-state index in [4.69, 9.17) is 11.6 Å². The summed E-state index contributed by atoms with van der Waals surface area (Å²) in [7, 11) is 1.96. The molecule has 0 bridgehead atoms. The van der Waals surface area contributed by atoms with Gasteiger partial charge in [-0.3, -0.25) is 4.99 Å². The number of hydrogen-bond donors (Lipinski definition) is 1. The van der Waals surface area contributed by atoms with Gasteiger partial charge in [-0.2, -0.15) is 0 Å². The molecule has 1 aliphatic rings. The van der Waals surface area contributed by atoms with E-state index >= 15 is 0 Å². The number of halogens is 1. The highest BCUT2D eigenvalue weighted by Crippen LogP contribution is 2.28. The lowest BCUT2D eigenvalue weighted by atomic mass is 10.0. The summed E-state index contributed by atoms with van der Waals surface area (Å²) < 4.78 is 0. The maximum Gasteiger partial charge on any atom is 0.121 e. The predicted molar refractivity (Wildman–Crippen MR) is 77.5 cm³/mol. The largest absolute Gasteiger partial charge is 0.357 e. The summed E-state index contributed by atoms with van der Waals surface area (Å²) in [5, 5.41) is 4.17. The molecule has 1 N–H and O–H groups in total. The number of likely N-dealkylation sites (N-methyl/N-ethyl adjacent to an activating group) is 2. The Morgan fingerprint density at radius 3 is 2.94 bits per heavy atom. The number of hydrogen-bond acceptors (Lipinski definition) is 3. The first-order valence-corrected chi connectivity index (χ1v) is 6.78. The fourth-order valence-electron chi connectivity index (χ4n) is 2.41.